The van der Waals surface area contributed by atoms with Gasteiger partial charge in [0.1, 0.15) is 5.82 Å². The molecule has 3 unspecified atom stereocenters. The van der Waals surface area contributed by atoms with Gasteiger partial charge < -0.3 is 20.4 Å². The number of hydrogen-bond acceptors (Lipinski definition) is 7. The SMILES string of the molecule is CC(C)c1c(C(=O)NC(C)c2ccccc2)nn(-c2ccc(F)cc2)c1CCC(O)CC(O)CC(=O)ON. The molecule has 3 atom stereocenters. The summed E-state index contributed by atoms with van der Waals surface area (Å²) < 4.78 is 15.3. The molecule has 3 aromatic rings. The molecule has 0 radical (unpaired) electrons. The minimum atomic E-state index is -1.12. The van der Waals surface area contributed by atoms with Crippen LogP contribution in [-0.4, -0.2) is 44.1 Å². The van der Waals surface area contributed by atoms with Crippen LogP contribution in [0.4, 0.5) is 4.39 Å². The first-order chi connectivity index (χ1) is 18.1. The molecule has 2 aromatic carbocycles. The molecule has 1 amide bonds. The van der Waals surface area contributed by atoms with Gasteiger partial charge >= 0.3 is 5.97 Å². The van der Waals surface area contributed by atoms with Crippen molar-refractivity contribution in [1.29, 1.82) is 0 Å². The van der Waals surface area contributed by atoms with E-state index in [-0.39, 0.29) is 42.8 Å². The van der Waals surface area contributed by atoms with Crippen molar-refractivity contribution in [2.45, 2.75) is 70.6 Å². The van der Waals surface area contributed by atoms with Crippen LogP contribution in [0.2, 0.25) is 0 Å². The molecule has 10 heteroatoms. The number of aliphatic hydroxyl groups is 2. The van der Waals surface area contributed by atoms with Gasteiger partial charge in [0.2, 0.25) is 0 Å². The highest BCUT2D eigenvalue weighted by molar-refractivity contribution is 5.94. The van der Waals surface area contributed by atoms with Crippen LogP contribution in [0, 0.1) is 5.82 Å². The number of nitrogens with zero attached hydrogens (tertiary/aromatic N) is 2. The summed E-state index contributed by atoms with van der Waals surface area (Å²) in [6, 6.07) is 15.1. The summed E-state index contributed by atoms with van der Waals surface area (Å²) in [6.07, 6.45) is -1.91. The van der Waals surface area contributed by atoms with Gasteiger partial charge in [0.25, 0.3) is 5.91 Å². The Morgan fingerprint density at radius 3 is 2.32 bits per heavy atom. The van der Waals surface area contributed by atoms with Crippen molar-refractivity contribution < 1.29 is 29.0 Å². The summed E-state index contributed by atoms with van der Waals surface area (Å²) >= 11 is 0. The summed E-state index contributed by atoms with van der Waals surface area (Å²) in [4.78, 5) is 28.8. The minimum Gasteiger partial charge on any atom is -0.393 e. The number of rotatable bonds is 12. The number of carbonyl (C=O) groups is 2. The van der Waals surface area contributed by atoms with Crippen molar-refractivity contribution in [2.75, 3.05) is 0 Å². The molecule has 0 fully saturated rings. The van der Waals surface area contributed by atoms with E-state index < -0.39 is 24.0 Å². The average molecular weight is 527 g/mol. The fourth-order valence-corrected chi connectivity index (χ4v) is 4.42. The van der Waals surface area contributed by atoms with Crippen LogP contribution in [-0.2, 0) is 16.1 Å². The van der Waals surface area contributed by atoms with Crippen LogP contribution in [0.15, 0.2) is 54.6 Å². The zero-order valence-corrected chi connectivity index (χ0v) is 21.8. The number of amides is 1. The van der Waals surface area contributed by atoms with E-state index in [1.807, 2.05) is 51.1 Å². The number of benzene rings is 2. The lowest BCUT2D eigenvalue weighted by Crippen LogP contribution is -2.28. The van der Waals surface area contributed by atoms with Crippen LogP contribution < -0.4 is 11.2 Å². The predicted molar refractivity (Wildman–Crippen MR) is 140 cm³/mol. The molecule has 0 spiro atoms. The summed E-state index contributed by atoms with van der Waals surface area (Å²) in [5, 5.41) is 28.3. The molecule has 1 heterocycles. The molecule has 3 rings (SSSR count). The zero-order chi connectivity index (χ0) is 27.8. The molecule has 5 N–H and O–H groups in total. The Labute approximate surface area is 221 Å². The van der Waals surface area contributed by atoms with Gasteiger partial charge in [0.05, 0.1) is 30.4 Å². The Morgan fingerprint density at radius 1 is 1.05 bits per heavy atom. The molecular weight excluding hydrogens is 491 g/mol. The average Bonchev–Trinajstić information content (AvgIpc) is 3.28. The van der Waals surface area contributed by atoms with E-state index in [0.717, 1.165) is 5.56 Å². The second kappa shape index (κ2) is 13.3. The van der Waals surface area contributed by atoms with Crippen molar-refractivity contribution in [2.24, 2.45) is 5.90 Å². The fraction of sp³-hybridized carbons (Fsp3) is 0.393. The standard InChI is InChI=1S/C28H35FN4O5/c1-17(2)26-24(14-13-22(34)15-23(35)16-25(36)38-30)33(21-11-9-20(29)10-12-21)32-27(26)28(37)31-18(3)19-7-5-4-6-8-19/h4-12,17-18,22-23,34-35H,13-16,30H2,1-3H3,(H,31,37). The first kappa shape index (κ1) is 29.0. The zero-order valence-electron chi connectivity index (χ0n) is 21.8. The van der Waals surface area contributed by atoms with Gasteiger partial charge in [-0.15, -0.1) is 0 Å². The summed E-state index contributed by atoms with van der Waals surface area (Å²) in [7, 11) is 0. The Kier molecular flexibility index (Phi) is 10.1. The van der Waals surface area contributed by atoms with E-state index in [1.165, 1.54) is 12.1 Å². The third-order valence-corrected chi connectivity index (χ3v) is 6.32. The molecule has 1 aromatic heterocycles. The van der Waals surface area contributed by atoms with Crippen LogP contribution >= 0.6 is 0 Å². The maximum Gasteiger partial charge on any atom is 0.327 e. The van der Waals surface area contributed by atoms with Crippen molar-refractivity contribution in [3.63, 3.8) is 0 Å². The molecule has 38 heavy (non-hydrogen) atoms. The monoisotopic (exact) mass is 526 g/mol. The van der Waals surface area contributed by atoms with E-state index in [0.29, 0.717) is 23.4 Å². The number of aliphatic hydroxyl groups excluding tert-OH is 2. The first-order valence-electron chi connectivity index (χ1n) is 12.6. The van der Waals surface area contributed by atoms with Gasteiger partial charge in [-0.3, -0.25) is 9.59 Å². The Bertz CT molecular complexity index is 1210. The number of carbonyl (C=O) groups excluding carboxylic acids is 2. The quantitative estimate of drug-likeness (QED) is 0.265. The lowest BCUT2D eigenvalue weighted by Gasteiger charge is -2.17. The second-order valence-electron chi connectivity index (χ2n) is 9.63. The van der Waals surface area contributed by atoms with Crippen LogP contribution in [0.5, 0.6) is 0 Å². The Morgan fingerprint density at radius 2 is 1.71 bits per heavy atom. The van der Waals surface area contributed by atoms with Gasteiger partial charge in [-0.05, 0) is 61.9 Å². The van der Waals surface area contributed by atoms with Gasteiger partial charge in [-0.25, -0.2) is 9.07 Å². The van der Waals surface area contributed by atoms with Crippen molar-refractivity contribution in [3.8, 4) is 5.69 Å². The molecule has 0 saturated heterocycles. The second-order valence-corrected chi connectivity index (χ2v) is 9.63. The van der Waals surface area contributed by atoms with E-state index in [4.69, 9.17) is 5.90 Å². The van der Waals surface area contributed by atoms with Crippen LogP contribution in [0.1, 0.15) is 79.3 Å². The minimum absolute atomic E-state index is 0.0568. The van der Waals surface area contributed by atoms with E-state index in [2.05, 4.69) is 15.3 Å². The smallest absolute Gasteiger partial charge is 0.327 e. The van der Waals surface area contributed by atoms with Gasteiger partial charge in [-0.1, -0.05) is 44.2 Å². The van der Waals surface area contributed by atoms with Crippen LogP contribution in [0.3, 0.4) is 0 Å². The molecule has 9 nitrogen and oxygen atoms in total. The number of hydrogen-bond donors (Lipinski definition) is 4. The summed E-state index contributed by atoms with van der Waals surface area (Å²) in [5.74, 6) is 3.20. The highest BCUT2D eigenvalue weighted by atomic mass is 19.1. The normalized spacial score (nSPS) is 13.7. The van der Waals surface area contributed by atoms with E-state index >= 15 is 0 Å². The molecule has 0 saturated carbocycles. The van der Waals surface area contributed by atoms with Gasteiger partial charge in [0.15, 0.2) is 5.69 Å². The molecule has 0 aliphatic heterocycles. The molecule has 204 valence electrons. The molecule has 0 aliphatic rings. The molecular formula is C28H35FN4O5. The van der Waals surface area contributed by atoms with Crippen molar-refractivity contribution in [3.05, 3.63) is 82.9 Å². The number of nitrogens with two attached hydrogens (primary N) is 1. The predicted octanol–water partition coefficient (Wildman–Crippen LogP) is 3.48. The lowest BCUT2D eigenvalue weighted by atomic mass is 9.95. The number of nitrogens with one attached hydrogen (secondary N) is 1. The van der Waals surface area contributed by atoms with Gasteiger partial charge in [-0.2, -0.15) is 11.0 Å². The highest BCUT2D eigenvalue weighted by Gasteiger charge is 2.27. The number of halogens is 1. The number of aromatic nitrogens is 2. The Hall–Kier alpha value is -3.60. The lowest BCUT2D eigenvalue weighted by molar-refractivity contribution is -0.146. The Balaban J connectivity index is 1.91. The summed E-state index contributed by atoms with van der Waals surface area (Å²) in [5.41, 5.74) is 3.18. The topological polar surface area (TPSA) is 140 Å². The maximum absolute atomic E-state index is 13.6. The van der Waals surface area contributed by atoms with E-state index in [9.17, 15) is 24.2 Å². The molecule has 0 bridgehead atoms. The molecule has 0 aliphatic carbocycles. The van der Waals surface area contributed by atoms with Crippen molar-refractivity contribution >= 4 is 11.9 Å². The van der Waals surface area contributed by atoms with Gasteiger partial charge in [0, 0.05) is 11.3 Å². The van der Waals surface area contributed by atoms with E-state index in [1.54, 1.807) is 16.8 Å². The van der Waals surface area contributed by atoms with Crippen molar-refractivity contribution in [1.82, 2.24) is 15.1 Å². The summed E-state index contributed by atoms with van der Waals surface area (Å²) in [6.45, 7) is 5.79. The third kappa shape index (κ3) is 7.47. The third-order valence-electron chi connectivity index (χ3n) is 6.32. The first-order valence-corrected chi connectivity index (χ1v) is 12.6. The van der Waals surface area contributed by atoms with Crippen LogP contribution in [0.25, 0.3) is 5.69 Å². The maximum atomic E-state index is 13.6. The highest BCUT2D eigenvalue weighted by Crippen LogP contribution is 2.29. The largest absolute Gasteiger partial charge is 0.393 e. The fourth-order valence-electron chi connectivity index (χ4n) is 4.42.